The van der Waals surface area contributed by atoms with E-state index in [0.717, 1.165) is 25.9 Å². The van der Waals surface area contributed by atoms with Gasteiger partial charge < -0.3 is 10.6 Å². The predicted octanol–water partition coefficient (Wildman–Crippen LogP) is 3.74. The topological polar surface area (TPSA) is 29.3 Å². The highest BCUT2D eigenvalue weighted by atomic mass is 32.1. The molecule has 2 N–H and O–H groups in total. The molecular weight excluding hydrogens is 259 g/mol. The number of benzene rings is 1. The number of anilines is 1. The average molecular weight is 282 g/mol. The predicted molar refractivity (Wildman–Crippen MR) is 84.1 cm³/mol. The first-order valence-corrected chi connectivity index (χ1v) is 7.08. The summed E-state index contributed by atoms with van der Waals surface area (Å²) in [5, 5.41) is 0. The zero-order valence-electron chi connectivity index (χ0n) is 11.9. The van der Waals surface area contributed by atoms with Crippen LogP contribution in [0.3, 0.4) is 0 Å². The molecule has 0 fully saturated rings. The molecule has 0 aliphatic carbocycles. The number of hydrogen-bond donors (Lipinski definition) is 1. The average Bonchev–Trinajstić information content (AvgIpc) is 2.35. The Morgan fingerprint density at radius 1 is 1.37 bits per heavy atom. The summed E-state index contributed by atoms with van der Waals surface area (Å²) in [7, 11) is 0. The molecule has 0 heterocycles. The molecule has 0 aliphatic heterocycles. The van der Waals surface area contributed by atoms with Crippen LogP contribution in [0.2, 0.25) is 0 Å². The number of nitrogens with zero attached hydrogens (tertiary/aromatic N) is 1. The quantitative estimate of drug-likeness (QED) is 0.772. The molecule has 0 atom stereocenters. The molecule has 0 aromatic heterocycles. The van der Waals surface area contributed by atoms with Gasteiger partial charge in [-0.25, -0.2) is 4.39 Å². The molecule has 0 saturated carbocycles. The van der Waals surface area contributed by atoms with Crippen LogP contribution in [-0.2, 0) is 0 Å². The van der Waals surface area contributed by atoms with Crippen molar-refractivity contribution in [2.24, 2.45) is 11.1 Å². The van der Waals surface area contributed by atoms with Gasteiger partial charge in [0, 0.05) is 18.5 Å². The van der Waals surface area contributed by atoms with E-state index in [1.807, 2.05) is 24.0 Å². The maximum atomic E-state index is 13.7. The molecular formula is C15H23FN2S. The van der Waals surface area contributed by atoms with E-state index in [9.17, 15) is 4.39 Å². The molecule has 4 heteroatoms. The van der Waals surface area contributed by atoms with Crippen molar-refractivity contribution in [3.8, 4) is 0 Å². The van der Waals surface area contributed by atoms with Crippen LogP contribution in [0.4, 0.5) is 10.1 Å². The second-order valence-electron chi connectivity index (χ2n) is 5.38. The minimum Gasteiger partial charge on any atom is -0.393 e. The van der Waals surface area contributed by atoms with Crippen molar-refractivity contribution in [3.05, 3.63) is 30.1 Å². The van der Waals surface area contributed by atoms with Gasteiger partial charge in [-0.15, -0.1) is 0 Å². The molecule has 1 aromatic rings. The lowest BCUT2D eigenvalue weighted by atomic mass is 9.88. The first-order chi connectivity index (χ1) is 8.88. The summed E-state index contributed by atoms with van der Waals surface area (Å²) in [6.45, 7) is 7.73. The van der Waals surface area contributed by atoms with Gasteiger partial charge in [-0.2, -0.15) is 0 Å². The van der Waals surface area contributed by atoms with Crippen molar-refractivity contribution in [1.82, 2.24) is 0 Å². The monoisotopic (exact) mass is 282 g/mol. The highest BCUT2D eigenvalue weighted by molar-refractivity contribution is 7.80. The molecule has 2 nitrogen and oxygen atoms in total. The van der Waals surface area contributed by atoms with E-state index in [0.29, 0.717) is 10.7 Å². The zero-order valence-corrected chi connectivity index (χ0v) is 12.8. The van der Waals surface area contributed by atoms with Crippen LogP contribution < -0.4 is 10.6 Å². The Balaban J connectivity index is 2.60. The van der Waals surface area contributed by atoms with E-state index in [-0.39, 0.29) is 11.2 Å². The van der Waals surface area contributed by atoms with Gasteiger partial charge in [-0.1, -0.05) is 38.2 Å². The smallest absolute Gasteiger partial charge is 0.146 e. The number of thiocarbonyl (C=S) groups is 1. The third-order valence-corrected chi connectivity index (χ3v) is 4.02. The lowest BCUT2D eigenvalue weighted by Crippen LogP contribution is -2.31. The van der Waals surface area contributed by atoms with Crippen LogP contribution in [0.5, 0.6) is 0 Å². The first-order valence-electron chi connectivity index (χ1n) is 6.68. The Morgan fingerprint density at radius 2 is 2.00 bits per heavy atom. The fourth-order valence-electron chi connectivity index (χ4n) is 1.99. The molecule has 19 heavy (non-hydrogen) atoms. The van der Waals surface area contributed by atoms with Crippen molar-refractivity contribution < 1.29 is 4.39 Å². The Hall–Kier alpha value is -1.16. The Bertz CT molecular complexity index is 432. The summed E-state index contributed by atoms with van der Waals surface area (Å²) < 4.78 is 13.7. The minimum absolute atomic E-state index is 0.135. The maximum Gasteiger partial charge on any atom is 0.146 e. The van der Waals surface area contributed by atoms with E-state index < -0.39 is 0 Å². The molecule has 1 rings (SSSR count). The van der Waals surface area contributed by atoms with E-state index >= 15 is 0 Å². The van der Waals surface area contributed by atoms with Crippen molar-refractivity contribution in [2.45, 2.75) is 33.6 Å². The molecule has 0 amide bonds. The summed E-state index contributed by atoms with van der Waals surface area (Å²) in [4.78, 5) is 2.59. The molecule has 0 aliphatic rings. The Labute approximate surface area is 120 Å². The normalized spacial score (nSPS) is 11.4. The number of para-hydroxylation sites is 1. The Kier molecular flexibility index (Phi) is 5.73. The standard InChI is InChI=1S/C15H23FN2S/c1-4-18(13-9-6-5-8-12(13)16)11-7-10-15(2,3)14(17)19/h5-6,8-9H,4,7,10-11H2,1-3H3,(H2,17,19). The number of nitrogens with two attached hydrogens (primary N) is 1. The van der Waals surface area contributed by atoms with Crippen molar-refractivity contribution in [2.75, 3.05) is 18.0 Å². The molecule has 0 radical (unpaired) electrons. The minimum atomic E-state index is -0.169. The largest absolute Gasteiger partial charge is 0.393 e. The van der Waals surface area contributed by atoms with Gasteiger partial charge >= 0.3 is 0 Å². The maximum absolute atomic E-state index is 13.7. The lowest BCUT2D eigenvalue weighted by molar-refractivity contribution is 0.458. The summed E-state index contributed by atoms with van der Waals surface area (Å²) in [5.41, 5.74) is 6.24. The third kappa shape index (κ3) is 4.46. The van der Waals surface area contributed by atoms with Gasteiger partial charge in [0.2, 0.25) is 0 Å². The van der Waals surface area contributed by atoms with Crippen LogP contribution >= 0.6 is 12.2 Å². The summed E-state index contributed by atoms with van der Waals surface area (Å²) >= 11 is 5.06. The summed E-state index contributed by atoms with van der Waals surface area (Å²) in [6, 6.07) is 6.89. The van der Waals surface area contributed by atoms with E-state index in [1.165, 1.54) is 6.07 Å². The summed E-state index contributed by atoms with van der Waals surface area (Å²) in [5.74, 6) is -0.169. The van der Waals surface area contributed by atoms with E-state index in [1.54, 1.807) is 6.07 Å². The van der Waals surface area contributed by atoms with Crippen molar-refractivity contribution >= 4 is 22.9 Å². The van der Waals surface area contributed by atoms with Gasteiger partial charge in [-0.3, -0.25) is 0 Å². The van der Waals surface area contributed by atoms with Gasteiger partial charge in [0.25, 0.3) is 0 Å². The fraction of sp³-hybridized carbons (Fsp3) is 0.533. The van der Waals surface area contributed by atoms with Crippen LogP contribution in [0, 0.1) is 11.2 Å². The molecule has 106 valence electrons. The Morgan fingerprint density at radius 3 is 2.53 bits per heavy atom. The zero-order chi connectivity index (χ0) is 14.5. The highest BCUT2D eigenvalue weighted by Gasteiger charge is 2.21. The van der Waals surface area contributed by atoms with Crippen molar-refractivity contribution in [3.63, 3.8) is 0 Å². The summed E-state index contributed by atoms with van der Waals surface area (Å²) in [6.07, 6.45) is 1.85. The second-order valence-corrected chi connectivity index (χ2v) is 5.82. The third-order valence-electron chi connectivity index (χ3n) is 3.47. The van der Waals surface area contributed by atoms with Crippen LogP contribution in [-0.4, -0.2) is 18.1 Å². The molecule has 0 unspecified atom stereocenters. The lowest BCUT2D eigenvalue weighted by Gasteiger charge is -2.27. The van der Waals surface area contributed by atoms with Crippen LogP contribution in [0.15, 0.2) is 24.3 Å². The van der Waals surface area contributed by atoms with Gasteiger partial charge in [0.1, 0.15) is 5.82 Å². The van der Waals surface area contributed by atoms with Crippen LogP contribution in [0.25, 0.3) is 0 Å². The molecule has 1 aromatic carbocycles. The first kappa shape index (κ1) is 15.9. The van der Waals surface area contributed by atoms with Gasteiger partial charge in [0.05, 0.1) is 10.7 Å². The molecule has 0 bridgehead atoms. The van der Waals surface area contributed by atoms with E-state index in [2.05, 4.69) is 13.8 Å². The molecule has 0 spiro atoms. The highest BCUT2D eigenvalue weighted by Crippen LogP contribution is 2.24. The fourth-order valence-corrected chi connectivity index (χ4v) is 2.09. The van der Waals surface area contributed by atoms with Gasteiger partial charge in [-0.05, 0) is 31.9 Å². The van der Waals surface area contributed by atoms with Crippen LogP contribution in [0.1, 0.15) is 33.6 Å². The molecule has 0 saturated heterocycles. The SMILES string of the molecule is CCN(CCCC(C)(C)C(N)=S)c1ccccc1F. The number of hydrogen-bond acceptors (Lipinski definition) is 2. The second kappa shape index (κ2) is 6.85. The number of halogens is 1. The van der Waals surface area contributed by atoms with Gasteiger partial charge in [0.15, 0.2) is 0 Å². The number of rotatable bonds is 7. The van der Waals surface area contributed by atoms with Crippen molar-refractivity contribution in [1.29, 1.82) is 0 Å². The van der Waals surface area contributed by atoms with E-state index in [4.69, 9.17) is 18.0 Å².